The van der Waals surface area contributed by atoms with Crippen LogP contribution in [0.2, 0.25) is 5.02 Å². The average Bonchev–Trinajstić information content (AvgIpc) is 3.09. The second kappa shape index (κ2) is 8.67. The Labute approximate surface area is 156 Å². The summed E-state index contributed by atoms with van der Waals surface area (Å²) in [7, 11) is 0. The Morgan fingerprint density at radius 2 is 2.04 bits per heavy atom. The van der Waals surface area contributed by atoms with Crippen LogP contribution in [-0.4, -0.2) is 37.9 Å². The molecule has 0 saturated heterocycles. The van der Waals surface area contributed by atoms with Gasteiger partial charge in [-0.25, -0.2) is 0 Å². The molecular formula is C17H22ClN5OS. The Morgan fingerprint density at radius 1 is 1.32 bits per heavy atom. The van der Waals surface area contributed by atoms with Crippen LogP contribution in [-0.2, 0) is 4.79 Å². The number of nitrogens with zero attached hydrogens (tertiary/aromatic N) is 4. The maximum atomic E-state index is 12.4. The molecule has 0 radical (unpaired) electrons. The Hall–Kier alpha value is -1.60. The fraction of sp³-hybridized carbons (Fsp3) is 0.529. The molecule has 0 bridgehead atoms. The summed E-state index contributed by atoms with van der Waals surface area (Å²) in [6.07, 6.45) is 6.32. The summed E-state index contributed by atoms with van der Waals surface area (Å²) in [6, 6.07) is 7.26. The van der Waals surface area contributed by atoms with Crippen LogP contribution in [0.1, 0.15) is 39.0 Å². The number of nitrogens with one attached hydrogen (secondary N) is 1. The molecule has 1 heterocycles. The lowest BCUT2D eigenvalue weighted by Crippen LogP contribution is -2.35. The van der Waals surface area contributed by atoms with Gasteiger partial charge in [-0.3, -0.25) is 4.79 Å². The fourth-order valence-electron chi connectivity index (χ4n) is 2.99. The van der Waals surface area contributed by atoms with E-state index in [-0.39, 0.29) is 11.2 Å². The molecule has 1 aromatic heterocycles. The zero-order valence-corrected chi connectivity index (χ0v) is 15.8. The van der Waals surface area contributed by atoms with Crippen molar-refractivity contribution in [3.63, 3.8) is 0 Å². The molecule has 0 unspecified atom stereocenters. The summed E-state index contributed by atoms with van der Waals surface area (Å²) in [6.45, 7) is 2.65. The van der Waals surface area contributed by atoms with Gasteiger partial charge in [0.15, 0.2) is 0 Å². The maximum absolute atomic E-state index is 12.4. The number of halogens is 1. The number of hydrogen-bond acceptors (Lipinski definition) is 5. The van der Waals surface area contributed by atoms with Crippen molar-refractivity contribution >= 4 is 29.3 Å². The van der Waals surface area contributed by atoms with E-state index >= 15 is 0 Å². The number of aromatic nitrogens is 4. The number of tetrazole rings is 1. The largest absolute Gasteiger partial charge is 0.355 e. The van der Waals surface area contributed by atoms with Gasteiger partial charge in [0.1, 0.15) is 0 Å². The number of hydrogen-bond donors (Lipinski definition) is 1. The molecule has 1 atom stereocenters. The minimum atomic E-state index is -0.263. The van der Waals surface area contributed by atoms with Crippen molar-refractivity contribution in [3.8, 4) is 5.69 Å². The smallest absolute Gasteiger partial charge is 0.233 e. The Kier molecular flexibility index (Phi) is 6.31. The summed E-state index contributed by atoms with van der Waals surface area (Å²) in [5, 5.41) is 15.8. The second-order valence-electron chi connectivity index (χ2n) is 6.36. The van der Waals surface area contributed by atoms with Crippen molar-refractivity contribution in [1.29, 1.82) is 0 Å². The van der Waals surface area contributed by atoms with E-state index in [9.17, 15) is 4.79 Å². The van der Waals surface area contributed by atoms with Crippen LogP contribution < -0.4 is 5.32 Å². The number of thioether (sulfide) groups is 1. The number of rotatable bonds is 6. The number of amides is 1. The van der Waals surface area contributed by atoms with Crippen molar-refractivity contribution < 1.29 is 4.79 Å². The van der Waals surface area contributed by atoms with Crippen molar-refractivity contribution in [2.24, 2.45) is 5.92 Å². The summed E-state index contributed by atoms with van der Waals surface area (Å²) in [4.78, 5) is 12.4. The fourth-order valence-corrected chi connectivity index (χ4v) is 3.95. The van der Waals surface area contributed by atoms with E-state index in [0.29, 0.717) is 16.1 Å². The Bertz CT molecular complexity index is 699. The Morgan fingerprint density at radius 3 is 2.76 bits per heavy atom. The molecular weight excluding hydrogens is 358 g/mol. The van der Waals surface area contributed by atoms with Crippen LogP contribution in [0, 0.1) is 5.92 Å². The SMILES string of the molecule is C[C@H](Sc1nnnn1-c1ccc(Cl)cc1)C(=O)NCC1CCCCC1. The molecule has 0 aliphatic heterocycles. The van der Waals surface area contributed by atoms with Crippen LogP contribution in [0.15, 0.2) is 29.4 Å². The maximum Gasteiger partial charge on any atom is 0.233 e. The molecule has 1 aromatic carbocycles. The van der Waals surface area contributed by atoms with Gasteiger partial charge >= 0.3 is 0 Å². The van der Waals surface area contributed by atoms with Gasteiger partial charge in [-0.05, 0) is 60.4 Å². The lowest BCUT2D eigenvalue weighted by molar-refractivity contribution is -0.120. The van der Waals surface area contributed by atoms with Crippen molar-refractivity contribution in [2.75, 3.05) is 6.54 Å². The molecule has 1 saturated carbocycles. The molecule has 25 heavy (non-hydrogen) atoms. The monoisotopic (exact) mass is 379 g/mol. The molecule has 2 aromatic rings. The highest BCUT2D eigenvalue weighted by atomic mass is 35.5. The summed E-state index contributed by atoms with van der Waals surface area (Å²) < 4.78 is 1.62. The second-order valence-corrected chi connectivity index (χ2v) is 8.10. The molecule has 0 spiro atoms. The summed E-state index contributed by atoms with van der Waals surface area (Å²) in [5.74, 6) is 0.649. The van der Waals surface area contributed by atoms with Gasteiger partial charge in [0.25, 0.3) is 0 Å². The molecule has 1 aliphatic carbocycles. The minimum Gasteiger partial charge on any atom is -0.355 e. The van der Waals surface area contributed by atoms with E-state index in [2.05, 4.69) is 20.8 Å². The first-order valence-corrected chi connectivity index (χ1v) is 9.88. The van der Waals surface area contributed by atoms with E-state index in [1.54, 1.807) is 16.8 Å². The Balaban J connectivity index is 1.57. The summed E-state index contributed by atoms with van der Waals surface area (Å²) >= 11 is 7.27. The first-order valence-electron chi connectivity index (χ1n) is 8.62. The third-order valence-corrected chi connectivity index (χ3v) is 5.74. The molecule has 1 aliphatic rings. The molecule has 1 N–H and O–H groups in total. The topological polar surface area (TPSA) is 72.7 Å². The van der Waals surface area contributed by atoms with E-state index in [4.69, 9.17) is 11.6 Å². The van der Waals surface area contributed by atoms with E-state index in [1.165, 1.54) is 43.9 Å². The first kappa shape index (κ1) is 18.2. The number of carbonyl (C=O) groups excluding carboxylic acids is 1. The van der Waals surface area contributed by atoms with Gasteiger partial charge < -0.3 is 5.32 Å². The number of carbonyl (C=O) groups is 1. The van der Waals surface area contributed by atoms with Crippen molar-refractivity contribution in [2.45, 2.75) is 49.4 Å². The first-order chi connectivity index (χ1) is 12.1. The van der Waals surface area contributed by atoms with E-state index in [0.717, 1.165) is 12.2 Å². The van der Waals surface area contributed by atoms with Gasteiger partial charge in [0, 0.05) is 11.6 Å². The van der Waals surface area contributed by atoms with E-state index in [1.807, 2.05) is 19.1 Å². The highest BCUT2D eigenvalue weighted by Crippen LogP contribution is 2.25. The molecule has 6 nitrogen and oxygen atoms in total. The van der Waals surface area contributed by atoms with Gasteiger partial charge in [-0.15, -0.1) is 5.10 Å². The highest BCUT2D eigenvalue weighted by Gasteiger charge is 2.21. The predicted octanol–water partition coefficient (Wildman–Crippen LogP) is 3.49. The standard InChI is InChI=1S/C17H22ClN5OS/c1-12(16(24)19-11-13-5-3-2-4-6-13)25-17-20-21-22-23(17)15-9-7-14(18)8-10-15/h7-10,12-13H,2-6,11H2,1H3,(H,19,24)/t12-/m0/s1. The molecule has 1 fully saturated rings. The molecule has 1 amide bonds. The predicted molar refractivity (Wildman–Crippen MR) is 99.1 cm³/mol. The third kappa shape index (κ3) is 4.95. The van der Waals surface area contributed by atoms with Crippen molar-refractivity contribution in [3.05, 3.63) is 29.3 Å². The zero-order chi connectivity index (χ0) is 17.6. The van der Waals surface area contributed by atoms with Gasteiger partial charge in [-0.2, -0.15) is 4.68 Å². The van der Waals surface area contributed by atoms with Gasteiger partial charge in [-0.1, -0.05) is 42.6 Å². The quantitative estimate of drug-likeness (QED) is 0.777. The number of benzene rings is 1. The minimum absolute atomic E-state index is 0.0289. The van der Waals surface area contributed by atoms with Gasteiger partial charge in [0.05, 0.1) is 10.9 Å². The molecule has 134 valence electrons. The highest BCUT2D eigenvalue weighted by molar-refractivity contribution is 8.00. The summed E-state index contributed by atoms with van der Waals surface area (Å²) in [5.41, 5.74) is 0.812. The van der Waals surface area contributed by atoms with E-state index < -0.39 is 0 Å². The van der Waals surface area contributed by atoms with Crippen molar-refractivity contribution in [1.82, 2.24) is 25.5 Å². The lowest BCUT2D eigenvalue weighted by atomic mass is 9.89. The van der Waals surface area contributed by atoms with Crippen LogP contribution in [0.25, 0.3) is 5.69 Å². The van der Waals surface area contributed by atoms with Crippen LogP contribution in [0.3, 0.4) is 0 Å². The van der Waals surface area contributed by atoms with Crippen LogP contribution >= 0.6 is 23.4 Å². The third-order valence-electron chi connectivity index (χ3n) is 4.45. The van der Waals surface area contributed by atoms with Gasteiger partial charge in [0.2, 0.25) is 11.1 Å². The van der Waals surface area contributed by atoms with Crippen LogP contribution in [0.4, 0.5) is 0 Å². The average molecular weight is 380 g/mol. The normalized spacial score (nSPS) is 16.6. The lowest BCUT2D eigenvalue weighted by Gasteiger charge is -2.22. The molecule has 8 heteroatoms. The molecule has 3 rings (SSSR count). The zero-order valence-electron chi connectivity index (χ0n) is 14.2. The van der Waals surface area contributed by atoms with Crippen LogP contribution in [0.5, 0.6) is 0 Å².